The van der Waals surface area contributed by atoms with Gasteiger partial charge in [-0.15, -0.1) is 0 Å². The fraction of sp³-hybridized carbons (Fsp3) is 0.385. The van der Waals surface area contributed by atoms with Crippen molar-refractivity contribution < 1.29 is 19.4 Å². The Morgan fingerprint density at radius 1 is 1.42 bits per heavy atom. The van der Waals surface area contributed by atoms with Gasteiger partial charge in [0.2, 0.25) is 0 Å². The molecule has 5 nitrogen and oxygen atoms in total. The first kappa shape index (κ1) is 15.3. The predicted molar refractivity (Wildman–Crippen MR) is 71.8 cm³/mol. The number of halogens is 1. The lowest BCUT2D eigenvalue weighted by Crippen LogP contribution is -2.31. The van der Waals surface area contributed by atoms with Gasteiger partial charge in [0.15, 0.2) is 6.61 Å². The molecule has 2 N–H and O–H groups in total. The molecule has 1 rings (SSSR count). The van der Waals surface area contributed by atoms with Gasteiger partial charge in [0.25, 0.3) is 5.91 Å². The van der Waals surface area contributed by atoms with Crippen LogP contribution in [0.3, 0.4) is 0 Å². The number of benzene rings is 1. The van der Waals surface area contributed by atoms with Crippen LogP contribution in [-0.2, 0) is 4.79 Å². The van der Waals surface area contributed by atoms with Crippen molar-refractivity contribution in [2.75, 3.05) is 13.2 Å². The highest BCUT2D eigenvalue weighted by molar-refractivity contribution is 6.31. The lowest BCUT2D eigenvalue weighted by molar-refractivity contribution is -0.123. The minimum atomic E-state index is -1.15. The van der Waals surface area contributed by atoms with Crippen LogP contribution < -0.4 is 10.1 Å². The SMILES string of the molecule is CC(C)CNC(=O)COc1ccc(Cl)cc1C(=O)O. The van der Waals surface area contributed by atoms with E-state index in [1.165, 1.54) is 18.2 Å². The molecular weight excluding hydrogens is 270 g/mol. The topological polar surface area (TPSA) is 75.6 Å². The molecule has 19 heavy (non-hydrogen) atoms. The fourth-order valence-electron chi connectivity index (χ4n) is 1.31. The standard InChI is InChI=1S/C13H16ClNO4/c1-8(2)6-15-12(16)7-19-11-4-3-9(14)5-10(11)13(17)18/h3-5,8H,6-7H2,1-2H3,(H,15,16)(H,17,18). The summed E-state index contributed by atoms with van der Waals surface area (Å²) >= 11 is 5.71. The van der Waals surface area contributed by atoms with E-state index in [0.29, 0.717) is 17.5 Å². The van der Waals surface area contributed by atoms with Gasteiger partial charge < -0.3 is 15.2 Å². The van der Waals surface area contributed by atoms with Gasteiger partial charge in [-0.05, 0) is 24.1 Å². The Balaban J connectivity index is 2.62. The van der Waals surface area contributed by atoms with Gasteiger partial charge in [0, 0.05) is 11.6 Å². The highest BCUT2D eigenvalue weighted by atomic mass is 35.5. The molecule has 0 radical (unpaired) electrons. The second-order valence-corrected chi connectivity index (χ2v) is 4.87. The van der Waals surface area contributed by atoms with Crippen LogP contribution in [-0.4, -0.2) is 30.1 Å². The number of amides is 1. The predicted octanol–water partition coefficient (Wildman–Crippen LogP) is 2.19. The molecule has 0 saturated carbocycles. The average Bonchev–Trinajstić information content (AvgIpc) is 2.34. The molecule has 0 aliphatic rings. The van der Waals surface area contributed by atoms with Crippen molar-refractivity contribution in [3.05, 3.63) is 28.8 Å². The molecule has 0 aliphatic heterocycles. The van der Waals surface area contributed by atoms with Crippen LogP contribution in [0.15, 0.2) is 18.2 Å². The van der Waals surface area contributed by atoms with Gasteiger partial charge in [0.1, 0.15) is 11.3 Å². The number of nitrogens with one attached hydrogen (secondary N) is 1. The van der Waals surface area contributed by atoms with E-state index in [4.69, 9.17) is 21.4 Å². The Labute approximate surface area is 116 Å². The van der Waals surface area contributed by atoms with E-state index in [1.54, 1.807) is 0 Å². The van der Waals surface area contributed by atoms with E-state index in [1.807, 2.05) is 13.8 Å². The molecule has 0 spiro atoms. The van der Waals surface area contributed by atoms with Crippen molar-refractivity contribution in [2.24, 2.45) is 5.92 Å². The van der Waals surface area contributed by atoms with Gasteiger partial charge >= 0.3 is 5.97 Å². The highest BCUT2D eigenvalue weighted by Gasteiger charge is 2.13. The molecule has 0 aliphatic carbocycles. The number of carbonyl (C=O) groups is 2. The average molecular weight is 286 g/mol. The minimum absolute atomic E-state index is 0.0656. The maximum absolute atomic E-state index is 11.5. The van der Waals surface area contributed by atoms with E-state index < -0.39 is 5.97 Å². The second-order valence-electron chi connectivity index (χ2n) is 4.43. The smallest absolute Gasteiger partial charge is 0.339 e. The molecule has 1 aromatic carbocycles. The lowest BCUT2D eigenvalue weighted by atomic mass is 10.2. The van der Waals surface area contributed by atoms with Crippen LogP contribution in [0, 0.1) is 5.92 Å². The van der Waals surface area contributed by atoms with Crippen LogP contribution in [0.25, 0.3) is 0 Å². The molecule has 0 aromatic heterocycles. The van der Waals surface area contributed by atoms with E-state index >= 15 is 0 Å². The Morgan fingerprint density at radius 2 is 2.11 bits per heavy atom. The zero-order valence-electron chi connectivity index (χ0n) is 10.8. The number of rotatable bonds is 6. The summed E-state index contributed by atoms with van der Waals surface area (Å²) in [6.45, 7) is 4.27. The first-order chi connectivity index (χ1) is 8.90. The number of hydrogen-bond acceptors (Lipinski definition) is 3. The lowest BCUT2D eigenvalue weighted by Gasteiger charge is -2.10. The summed E-state index contributed by atoms with van der Waals surface area (Å²) in [5.74, 6) is -0.981. The maximum atomic E-state index is 11.5. The summed E-state index contributed by atoms with van der Waals surface area (Å²) in [6, 6.07) is 4.22. The number of carboxylic acid groups (broad SMARTS) is 1. The number of carbonyl (C=O) groups excluding carboxylic acids is 1. The highest BCUT2D eigenvalue weighted by Crippen LogP contribution is 2.22. The summed E-state index contributed by atoms with van der Waals surface area (Å²) in [5.41, 5.74) is -0.0656. The first-order valence-corrected chi connectivity index (χ1v) is 6.20. The van der Waals surface area contributed by atoms with Gasteiger partial charge in [-0.2, -0.15) is 0 Å². The Morgan fingerprint density at radius 3 is 2.68 bits per heavy atom. The summed E-state index contributed by atoms with van der Waals surface area (Å²) < 4.78 is 5.20. The van der Waals surface area contributed by atoms with Crippen LogP contribution >= 0.6 is 11.6 Å². The number of ether oxygens (including phenoxy) is 1. The molecule has 6 heteroatoms. The van der Waals surface area contributed by atoms with Crippen molar-refractivity contribution in [1.82, 2.24) is 5.32 Å². The summed E-state index contributed by atoms with van der Waals surface area (Å²) in [6.07, 6.45) is 0. The monoisotopic (exact) mass is 285 g/mol. The Kier molecular flexibility index (Phi) is 5.63. The van der Waals surface area contributed by atoms with Gasteiger partial charge in [0.05, 0.1) is 0 Å². The van der Waals surface area contributed by atoms with Gasteiger partial charge in [-0.3, -0.25) is 4.79 Å². The quantitative estimate of drug-likeness (QED) is 0.840. The third-order valence-corrected chi connectivity index (χ3v) is 2.47. The van der Waals surface area contributed by atoms with Gasteiger partial charge in [-0.25, -0.2) is 4.79 Å². The van der Waals surface area contributed by atoms with Crippen molar-refractivity contribution in [1.29, 1.82) is 0 Å². The van der Waals surface area contributed by atoms with Crippen LogP contribution in [0.1, 0.15) is 24.2 Å². The fourth-order valence-corrected chi connectivity index (χ4v) is 1.48. The van der Waals surface area contributed by atoms with Crippen molar-refractivity contribution >= 4 is 23.5 Å². The molecule has 1 amide bonds. The molecule has 0 heterocycles. The van der Waals surface area contributed by atoms with Crippen molar-refractivity contribution in [3.8, 4) is 5.75 Å². The molecule has 0 saturated heterocycles. The zero-order chi connectivity index (χ0) is 14.4. The van der Waals surface area contributed by atoms with Gasteiger partial charge in [-0.1, -0.05) is 25.4 Å². The minimum Gasteiger partial charge on any atom is -0.483 e. The Hall–Kier alpha value is -1.75. The summed E-state index contributed by atoms with van der Waals surface area (Å²) in [4.78, 5) is 22.5. The molecule has 1 aromatic rings. The zero-order valence-corrected chi connectivity index (χ0v) is 11.5. The molecule has 0 atom stereocenters. The molecule has 104 valence electrons. The molecule has 0 unspecified atom stereocenters. The van der Waals surface area contributed by atoms with E-state index in [2.05, 4.69) is 5.32 Å². The van der Waals surface area contributed by atoms with Crippen LogP contribution in [0.2, 0.25) is 5.02 Å². The van der Waals surface area contributed by atoms with E-state index in [-0.39, 0.29) is 23.8 Å². The normalized spacial score (nSPS) is 10.3. The number of carboxylic acids is 1. The van der Waals surface area contributed by atoms with Crippen LogP contribution in [0.4, 0.5) is 0 Å². The largest absolute Gasteiger partial charge is 0.483 e. The first-order valence-electron chi connectivity index (χ1n) is 5.82. The van der Waals surface area contributed by atoms with E-state index in [0.717, 1.165) is 0 Å². The summed E-state index contributed by atoms with van der Waals surface area (Å²) in [7, 11) is 0. The Bertz CT molecular complexity index is 474. The van der Waals surface area contributed by atoms with E-state index in [9.17, 15) is 9.59 Å². The van der Waals surface area contributed by atoms with Crippen LogP contribution in [0.5, 0.6) is 5.75 Å². The third-order valence-electron chi connectivity index (χ3n) is 2.24. The van der Waals surface area contributed by atoms with Crippen molar-refractivity contribution in [3.63, 3.8) is 0 Å². The number of aromatic carboxylic acids is 1. The van der Waals surface area contributed by atoms with Crippen molar-refractivity contribution in [2.45, 2.75) is 13.8 Å². The maximum Gasteiger partial charge on any atom is 0.339 e. The molecule has 0 bridgehead atoms. The second kappa shape index (κ2) is 6.99. The number of hydrogen-bond donors (Lipinski definition) is 2. The summed E-state index contributed by atoms with van der Waals surface area (Å²) in [5, 5.41) is 12.0. The molecular formula is C13H16ClNO4. The molecule has 0 fully saturated rings. The third kappa shape index (κ3) is 5.18.